The Labute approximate surface area is 383 Å². The van der Waals surface area contributed by atoms with Gasteiger partial charge in [0.1, 0.15) is 60.0 Å². The highest BCUT2D eigenvalue weighted by Gasteiger charge is 2.45. The number of phenolic OH excluding ortho intramolecular Hbond substituents is 1. The lowest BCUT2D eigenvalue weighted by Crippen LogP contribution is -2.64. The molecule has 2 bridgehead atoms. The number of carbonyl (C=O) groups excluding carboxylic acids is 9. The first-order valence-corrected chi connectivity index (χ1v) is 22.0. The molecule has 2 saturated heterocycles. The number of aliphatic hydroxyl groups excluding tert-OH is 1. The Morgan fingerprint density at radius 3 is 2.14 bits per heavy atom. The molecule has 2 aromatic carbocycles. The van der Waals surface area contributed by atoms with Crippen LogP contribution in [-0.4, -0.2) is 129 Å². The molecular weight excluding hydrogens is 857 g/mol. The van der Waals surface area contributed by atoms with E-state index in [2.05, 4.69) is 26.6 Å². The lowest BCUT2D eigenvalue weighted by Gasteiger charge is -2.43. The number of nitrogens with one attached hydrogen (secondary N) is 5. The van der Waals surface area contributed by atoms with Crippen LogP contribution in [-0.2, 0) is 60.7 Å². The number of nitrogens with zero attached hydrogens (tertiary/aromatic N) is 2. The molecule has 4 rings (SSSR count). The van der Waals surface area contributed by atoms with Gasteiger partial charge in [0.25, 0.3) is 11.8 Å². The van der Waals surface area contributed by atoms with Crippen LogP contribution >= 0.6 is 0 Å². The molecule has 2 aliphatic rings. The molecule has 2 aromatic rings. The summed E-state index contributed by atoms with van der Waals surface area (Å²) in [6, 6.07) is 5.86. The topological polar surface area (TPSA) is 296 Å². The number of ether oxygens (including phenoxy) is 1. The maximum Gasteiger partial charge on any atom is 0.329 e. The van der Waals surface area contributed by atoms with Gasteiger partial charge in [-0.2, -0.15) is 0 Å². The molecule has 0 radical (unpaired) electrons. The number of likely N-dealkylation sites (N-methyl/N-ethyl adjacent to an activating group) is 1. The molecular formula is C46H62N8O12. The van der Waals surface area contributed by atoms with E-state index in [0.717, 1.165) is 9.80 Å². The molecule has 358 valence electrons. The Hall–Kier alpha value is -6.83. The zero-order valence-electron chi connectivity index (χ0n) is 38.1. The van der Waals surface area contributed by atoms with Gasteiger partial charge in [-0.15, -0.1) is 0 Å². The number of rotatable bonds is 13. The first-order valence-electron chi connectivity index (χ1n) is 22.0. The van der Waals surface area contributed by atoms with Crippen molar-refractivity contribution >= 4 is 53.2 Å². The molecule has 2 fully saturated rings. The van der Waals surface area contributed by atoms with Gasteiger partial charge >= 0.3 is 5.97 Å². The number of aliphatic hydroxyl groups is 1. The predicted octanol–water partition coefficient (Wildman–Crippen LogP) is -0.0601. The summed E-state index contributed by atoms with van der Waals surface area (Å²) in [5, 5.41) is 34.2. The minimum absolute atomic E-state index is 0.0357. The van der Waals surface area contributed by atoms with Crippen LogP contribution in [0.25, 0.3) is 0 Å². The summed E-state index contributed by atoms with van der Waals surface area (Å²) in [4.78, 5) is 127. The van der Waals surface area contributed by atoms with Crippen LogP contribution in [0, 0.1) is 5.92 Å². The van der Waals surface area contributed by atoms with Crippen molar-refractivity contribution in [3.63, 3.8) is 0 Å². The number of fused-ring (bicyclic) bond motifs is 2. The molecule has 0 spiro atoms. The van der Waals surface area contributed by atoms with Crippen molar-refractivity contribution in [2.75, 3.05) is 7.05 Å². The fourth-order valence-corrected chi connectivity index (χ4v) is 7.67. The Kier molecular flexibility index (Phi) is 18.8. The first-order chi connectivity index (χ1) is 31.2. The van der Waals surface area contributed by atoms with Gasteiger partial charge in [-0.05, 0) is 68.7 Å². The number of piperidine rings is 1. The quantitative estimate of drug-likeness (QED) is 0.0969. The first kappa shape index (κ1) is 51.8. The van der Waals surface area contributed by atoms with Crippen molar-refractivity contribution in [1.82, 2.24) is 36.4 Å². The smallest absolute Gasteiger partial charge is 0.329 e. The number of aromatic hydroxyl groups is 1. The minimum Gasteiger partial charge on any atom is -0.508 e. The standard InChI is InChI=1S/C46H62N8O12/c1-7-12-36(57)48-31(19-21-35(47)56)41(60)52-39-26(5)66-46(65)38(25(3)4)51-42(61)33(23-28-15-17-29(55)18-16-28)53(6)45(64)34(24-27-13-10-9-11-14-27)54-37(58)22-20-32(44(54)63)50-40(59)30(8-2)49-43(39)62/h8-11,13-18,25-26,31-34,37-39,55,58H,7,12,19-24H2,1-6H3,(H2,47,56)(H,48,57)(H,49,62)(H,50,59)(H,51,61)(H,52,60)/t26-,31-,32-,33-,34+,37-,38+,39-/m0/s1. The summed E-state index contributed by atoms with van der Waals surface area (Å²) < 4.78 is 5.80. The number of hydrogen-bond donors (Lipinski definition) is 8. The van der Waals surface area contributed by atoms with Crippen LogP contribution in [0.2, 0.25) is 0 Å². The summed E-state index contributed by atoms with van der Waals surface area (Å²) in [6.45, 7) is 7.65. The summed E-state index contributed by atoms with van der Waals surface area (Å²) in [5.74, 6) is -8.45. The van der Waals surface area contributed by atoms with E-state index in [-0.39, 0.29) is 56.4 Å². The zero-order valence-corrected chi connectivity index (χ0v) is 38.1. The molecule has 8 atom stereocenters. The second-order valence-corrected chi connectivity index (χ2v) is 16.8. The van der Waals surface area contributed by atoms with Gasteiger partial charge in [0.2, 0.25) is 35.4 Å². The maximum atomic E-state index is 14.9. The molecule has 20 heteroatoms. The number of primary amides is 1. The second-order valence-electron chi connectivity index (χ2n) is 16.8. The lowest BCUT2D eigenvalue weighted by atomic mass is 9.95. The van der Waals surface area contributed by atoms with E-state index in [1.54, 1.807) is 63.2 Å². The third kappa shape index (κ3) is 13.8. The van der Waals surface area contributed by atoms with Gasteiger partial charge in [0.15, 0.2) is 0 Å². The Morgan fingerprint density at radius 2 is 1.53 bits per heavy atom. The van der Waals surface area contributed by atoms with E-state index in [1.165, 1.54) is 39.1 Å². The van der Waals surface area contributed by atoms with Gasteiger partial charge < -0.3 is 57.1 Å². The van der Waals surface area contributed by atoms with Crippen molar-refractivity contribution < 1.29 is 58.1 Å². The summed E-state index contributed by atoms with van der Waals surface area (Å²) in [6.07, 6.45) is -2.33. The molecule has 9 N–H and O–H groups in total. The molecule has 0 unspecified atom stereocenters. The molecule has 20 nitrogen and oxygen atoms in total. The van der Waals surface area contributed by atoms with Crippen LogP contribution in [0.3, 0.4) is 0 Å². The van der Waals surface area contributed by atoms with Crippen LogP contribution in [0.15, 0.2) is 66.4 Å². The van der Waals surface area contributed by atoms with Crippen molar-refractivity contribution in [1.29, 1.82) is 0 Å². The van der Waals surface area contributed by atoms with Gasteiger partial charge in [-0.25, -0.2) is 4.79 Å². The van der Waals surface area contributed by atoms with Crippen LogP contribution in [0.4, 0.5) is 0 Å². The van der Waals surface area contributed by atoms with Crippen molar-refractivity contribution in [3.05, 3.63) is 77.5 Å². The molecule has 8 amide bonds. The summed E-state index contributed by atoms with van der Waals surface area (Å²) in [7, 11) is 1.35. The normalized spacial score (nSPS) is 24.8. The second kappa shape index (κ2) is 23.9. The predicted molar refractivity (Wildman–Crippen MR) is 238 cm³/mol. The summed E-state index contributed by atoms with van der Waals surface area (Å²) >= 11 is 0. The molecule has 2 aliphatic heterocycles. The van der Waals surface area contributed by atoms with E-state index in [1.807, 2.05) is 0 Å². The third-order valence-corrected chi connectivity index (χ3v) is 11.4. The van der Waals surface area contributed by atoms with Gasteiger partial charge in [-0.1, -0.05) is 69.3 Å². The summed E-state index contributed by atoms with van der Waals surface area (Å²) in [5.41, 5.74) is 6.07. The number of amides is 8. The van der Waals surface area contributed by atoms with Gasteiger partial charge in [0, 0.05) is 32.7 Å². The number of hydrogen-bond acceptors (Lipinski definition) is 12. The van der Waals surface area contributed by atoms with E-state index in [4.69, 9.17) is 10.5 Å². The number of carbonyl (C=O) groups is 9. The molecule has 0 saturated carbocycles. The Balaban J connectivity index is 1.85. The highest BCUT2D eigenvalue weighted by atomic mass is 16.5. The number of nitrogens with two attached hydrogens (primary N) is 1. The highest BCUT2D eigenvalue weighted by Crippen LogP contribution is 2.25. The fraction of sp³-hybridized carbons (Fsp3) is 0.500. The van der Waals surface area contributed by atoms with Crippen molar-refractivity contribution in [3.8, 4) is 5.75 Å². The molecule has 66 heavy (non-hydrogen) atoms. The average molecular weight is 919 g/mol. The van der Waals surface area contributed by atoms with E-state index < -0.39 is 108 Å². The largest absolute Gasteiger partial charge is 0.508 e. The zero-order chi connectivity index (χ0) is 48.8. The van der Waals surface area contributed by atoms with Crippen LogP contribution < -0.4 is 32.3 Å². The van der Waals surface area contributed by atoms with Gasteiger partial charge in [0.05, 0.1) is 0 Å². The maximum absolute atomic E-state index is 14.9. The van der Waals surface area contributed by atoms with Gasteiger partial charge in [-0.3, -0.25) is 38.4 Å². The van der Waals surface area contributed by atoms with Crippen LogP contribution in [0.5, 0.6) is 5.75 Å². The fourth-order valence-electron chi connectivity index (χ4n) is 7.67. The Bertz CT molecular complexity index is 2130. The monoisotopic (exact) mass is 918 g/mol. The number of cyclic esters (lactones) is 1. The van der Waals surface area contributed by atoms with Crippen molar-refractivity contribution in [2.24, 2.45) is 11.7 Å². The SMILES string of the molecule is CC=C1NC(=O)[C@@H](NC(=O)[C@H](CCC(N)=O)NC(=O)CCC)[C@H](C)OC(=O)[C@@H](C(C)C)NC(=O)[C@H](Cc2ccc(O)cc2)N(C)C(=O)[C@@H](Cc2ccccc2)N2C(=O)[C@H](CC[C@@H]2O)NC1=O. The average Bonchev–Trinajstić information content (AvgIpc) is 3.27. The Morgan fingerprint density at radius 1 is 0.894 bits per heavy atom. The van der Waals surface area contributed by atoms with E-state index in [9.17, 15) is 53.4 Å². The number of benzene rings is 2. The molecule has 0 aromatic heterocycles. The van der Waals surface area contributed by atoms with Crippen LogP contribution in [0.1, 0.15) is 84.3 Å². The third-order valence-electron chi connectivity index (χ3n) is 11.4. The van der Waals surface area contributed by atoms with E-state index in [0.29, 0.717) is 17.5 Å². The minimum atomic E-state index is -1.78. The highest BCUT2D eigenvalue weighted by molar-refractivity contribution is 6.02. The number of esters is 1. The molecule has 0 aliphatic carbocycles. The van der Waals surface area contributed by atoms with E-state index >= 15 is 0 Å². The number of phenols is 1. The number of allylic oxidation sites excluding steroid dienone is 1. The molecule has 2 heterocycles. The lowest BCUT2D eigenvalue weighted by molar-refractivity contribution is -0.165. The van der Waals surface area contributed by atoms with Crippen molar-refractivity contribution in [2.45, 2.75) is 135 Å².